The maximum absolute atomic E-state index is 14.1. The summed E-state index contributed by atoms with van der Waals surface area (Å²) < 4.78 is 14.9. The van der Waals surface area contributed by atoms with Crippen LogP contribution in [0.3, 0.4) is 0 Å². The van der Waals surface area contributed by atoms with Crippen molar-refractivity contribution in [2.24, 2.45) is 5.92 Å². The zero-order valence-corrected chi connectivity index (χ0v) is 13.2. The minimum Gasteiger partial charge on any atom is -0.310 e. The molecule has 0 radical (unpaired) electrons. The van der Waals surface area contributed by atoms with Crippen molar-refractivity contribution in [1.29, 1.82) is 0 Å². The molecule has 2 atom stereocenters. The summed E-state index contributed by atoms with van der Waals surface area (Å²) in [5.41, 5.74) is 2.01. The van der Waals surface area contributed by atoms with E-state index in [9.17, 15) is 4.39 Å². The summed E-state index contributed by atoms with van der Waals surface area (Å²) in [5.74, 6) is 2.30. The van der Waals surface area contributed by atoms with Crippen molar-refractivity contribution in [3.63, 3.8) is 0 Å². The van der Waals surface area contributed by atoms with Crippen LogP contribution in [0, 0.1) is 11.7 Å². The third kappa shape index (κ3) is 3.09. The van der Waals surface area contributed by atoms with E-state index in [1.165, 1.54) is 0 Å². The predicted molar refractivity (Wildman–Crippen MR) is 80.5 cm³/mol. The molecule has 0 spiro atoms. The lowest BCUT2D eigenvalue weighted by molar-refractivity contribution is 0.416. The first-order valence-electron chi connectivity index (χ1n) is 6.42. The van der Waals surface area contributed by atoms with Gasteiger partial charge in [-0.1, -0.05) is 29.8 Å². The molecule has 1 aromatic carbocycles. The number of hydrogen-bond acceptors (Lipinski definition) is 2. The number of fused-ring (bicyclic) bond motifs is 1. The van der Waals surface area contributed by atoms with Crippen molar-refractivity contribution in [2.75, 3.05) is 12.3 Å². The zero-order chi connectivity index (χ0) is 13.1. The fourth-order valence-corrected chi connectivity index (χ4v) is 4.05. The topological polar surface area (TPSA) is 12.0 Å². The third-order valence-corrected chi connectivity index (χ3v) is 5.05. The van der Waals surface area contributed by atoms with Crippen LogP contribution in [0.5, 0.6) is 0 Å². The molecule has 0 aromatic heterocycles. The molecular weight excluding hydrogens is 313 g/mol. The van der Waals surface area contributed by atoms with Gasteiger partial charge in [0.15, 0.2) is 0 Å². The van der Waals surface area contributed by atoms with Crippen LogP contribution < -0.4 is 5.32 Å². The van der Waals surface area contributed by atoms with Gasteiger partial charge in [0.2, 0.25) is 0 Å². The van der Waals surface area contributed by atoms with Crippen molar-refractivity contribution in [3.8, 4) is 0 Å². The van der Waals surface area contributed by atoms with E-state index in [2.05, 4.69) is 41.2 Å². The first kappa shape index (κ1) is 14.4. The van der Waals surface area contributed by atoms with E-state index in [1.807, 2.05) is 11.8 Å². The van der Waals surface area contributed by atoms with Crippen molar-refractivity contribution >= 4 is 27.7 Å². The highest BCUT2D eigenvalue weighted by molar-refractivity contribution is 9.10. The second-order valence-corrected chi connectivity index (χ2v) is 6.83. The molecule has 0 saturated carbocycles. The van der Waals surface area contributed by atoms with Gasteiger partial charge in [-0.15, -0.1) is 0 Å². The first-order valence-corrected chi connectivity index (χ1v) is 8.37. The van der Waals surface area contributed by atoms with E-state index in [0.717, 1.165) is 40.1 Å². The largest absolute Gasteiger partial charge is 0.310 e. The molecule has 100 valence electrons. The fourth-order valence-electron chi connectivity index (χ4n) is 2.41. The van der Waals surface area contributed by atoms with Crippen LogP contribution in [0.25, 0.3) is 0 Å². The number of nitrogens with one attached hydrogen (secondary N) is 1. The Hall–Kier alpha value is -0.0600. The van der Waals surface area contributed by atoms with E-state index >= 15 is 0 Å². The monoisotopic (exact) mass is 331 g/mol. The normalized spacial score (nSPS) is 23.6. The van der Waals surface area contributed by atoms with Gasteiger partial charge in [-0.2, -0.15) is 11.8 Å². The van der Waals surface area contributed by atoms with Crippen LogP contribution in [0.15, 0.2) is 16.6 Å². The van der Waals surface area contributed by atoms with Crippen molar-refractivity contribution in [1.82, 2.24) is 5.32 Å². The Kier molecular flexibility index (Phi) is 5.10. The highest BCUT2D eigenvalue weighted by Crippen LogP contribution is 2.37. The van der Waals surface area contributed by atoms with Gasteiger partial charge in [-0.25, -0.2) is 4.39 Å². The first-order chi connectivity index (χ1) is 8.63. The van der Waals surface area contributed by atoms with Crippen LogP contribution in [-0.2, 0) is 5.75 Å². The van der Waals surface area contributed by atoms with Crippen molar-refractivity contribution in [2.45, 2.75) is 32.1 Å². The number of benzene rings is 1. The predicted octanol–water partition coefficient (Wildman–Crippen LogP) is 4.51. The van der Waals surface area contributed by atoms with E-state index in [4.69, 9.17) is 0 Å². The molecule has 0 fully saturated rings. The lowest BCUT2D eigenvalue weighted by Crippen LogP contribution is -2.28. The van der Waals surface area contributed by atoms with Gasteiger partial charge < -0.3 is 5.32 Å². The van der Waals surface area contributed by atoms with Gasteiger partial charge in [-0.05, 0) is 42.3 Å². The Morgan fingerprint density at radius 3 is 3.00 bits per heavy atom. The minimum atomic E-state index is -0.0794. The summed E-state index contributed by atoms with van der Waals surface area (Å²) in [6.45, 7) is 5.38. The second kappa shape index (κ2) is 6.40. The molecule has 0 bridgehead atoms. The summed E-state index contributed by atoms with van der Waals surface area (Å²) >= 11 is 5.24. The Morgan fingerprint density at radius 2 is 2.28 bits per heavy atom. The van der Waals surface area contributed by atoms with Gasteiger partial charge >= 0.3 is 0 Å². The molecule has 1 heterocycles. The molecule has 0 amide bonds. The van der Waals surface area contributed by atoms with Crippen LogP contribution in [0.4, 0.5) is 4.39 Å². The highest BCUT2D eigenvalue weighted by Gasteiger charge is 2.26. The summed E-state index contributed by atoms with van der Waals surface area (Å²) in [6, 6.07) is 3.92. The Balaban J connectivity index is 2.40. The molecule has 0 saturated heterocycles. The van der Waals surface area contributed by atoms with E-state index in [0.29, 0.717) is 5.92 Å². The summed E-state index contributed by atoms with van der Waals surface area (Å²) in [7, 11) is 0. The Labute approximate surface area is 121 Å². The molecular formula is C14H19BrFNS. The molecule has 2 rings (SSSR count). The van der Waals surface area contributed by atoms with Crippen molar-refractivity contribution in [3.05, 3.63) is 33.5 Å². The number of thioether (sulfide) groups is 1. The fraction of sp³-hybridized carbons (Fsp3) is 0.571. The number of halogens is 2. The number of rotatable bonds is 3. The van der Waals surface area contributed by atoms with Crippen molar-refractivity contribution < 1.29 is 4.39 Å². The molecule has 1 nitrogen and oxygen atoms in total. The third-order valence-electron chi connectivity index (χ3n) is 3.34. The highest BCUT2D eigenvalue weighted by atomic mass is 79.9. The summed E-state index contributed by atoms with van der Waals surface area (Å²) in [4.78, 5) is 0. The summed E-state index contributed by atoms with van der Waals surface area (Å²) in [5, 5.41) is 3.57. The quantitative estimate of drug-likeness (QED) is 0.874. The number of hydrogen-bond donors (Lipinski definition) is 1. The molecule has 0 aliphatic carbocycles. The smallest absolute Gasteiger partial charge is 0.128 e. The SMILES string of the molecule is CCCNC1c2cc(Br)cc(F)c2CSCC1C. The van der Waals surface area contributed by atoms with Crippen LogP contribution in [-0.4, -0.2) is 12.3 Å². The zero-order valence-electron chi connectivity index (χ0n) is 10.8. The standard InChI is InChI=1S/C14H19BrFNS/c1-3-4-17-14-9(2)7-18-8-12-11(14)5-10(15)6-13(12)16/h5-6,9,14,17H,3-4,7-8H2,1-2H3. The van der Waals surface area contributed by atoms with E-state index in [1.54, 1.807) is 6.07 Å². The van der Waals surface area contributed by atoms with Crippen LogP contribution in [0.2, 0.25) is 0 Å². The second-order valence-electron chi connectivity index (χ2n) is 4.88. The molecule has 2 unspecified atom stereocenters. The van der Waals surface area contributed by atoms with Gasteiger partial charge in [0, 0.05) is 21.8 Å². The molecule has 1 N–H and O–H groups in total. The maximum atomic E-state index is 14.1. The lowest BCUT2D eigenvalue weighted by atomic mass is 9.92. The van der Waals surface area contributed by atoms with Gasteiger partial charge in [0.1, 0.15) is 5.82 Å². The Morgan fingerprint density at radius 1 is 1.50 bits per heavy atom. The van der Waals surface area contributed by atoms with E-state index < -0.39 is 0 Å². The average Bonchev–Trinajstić information content (AvgIpc) is 2.46. The average molecular weight is 332 g/mol. The van der Waals surface area contributed by atoms with Gasteiger partial charge in [0.05, 0.1) is 0 Å². The Bertz CT molecular complexity index is 425. The van der Waals surface area contributed by atoms with Crippen LogP contribution in [0.1, 0.15) is 37.4 Å². The minimum absolute atomic E-state index is 0.0794. The van der Waals surface area contributed by atoms with Crippen LogP contribution >= 0.6 is 27.7 Å². The molecule has 1 aromatic rings. The van der Waals surface area contributed by atoms with Gasteiger partial charge in [0.25, 0.3) is 0 Å². The molecule has 18 heavy (non-hydrogen) atoms. The maximum Gasteiger partial charge on any atom is 0.128 e. The van der Waals surface area contributed by atoms with E-state index in [-0.39, 0.29) is 11.9 Å². The molecule has 4 heteroatoms. The summed E-state index contributed by atoms with van der Waals surface area (Å²) in [6.07, 6.45) is 1.10. The van der Waals surface area contributed by atoms with Gasteiger partial charge in [-0.3, -0.25) is 0 Å². The molecule has 1 aliphatic heterocycles. The molecule has 1 aliphatic rings. The lowest BCUT2D eigenvalue weighted by Gasteiger charge is -2.25.